The molecule has 7 nitrogen and oxygen atoms in total. The van der Waals surface area contributed by atoms with Gasteiger partial charge >= 0.3 is 12.2 Å². The molecule has 0 spiro atoms. The molecular formula is C24H21ClF3N5O2S. The predicted molar refractivity (Wildman–Crippen MR) is 135 cm³/mol. The number of halogens is 4. The minimum Gasteiger partial charge on any atom is -0.358 e. The van der Waals surface area contributed by atoms with E-state index in [1.54, 1.807) is 36.4 Å². The van der Waals surface area contributed by atoms with Crippen molar-refractivity contribution >= 4 is 52.1 Å². The van der Waals surface area contributed by atoms with Gasteiger partial charge in [0.15, 0.2) is 0 Å². The first kappa shape index (κ1) is 25.5. The second-order valence-electron chi connectivity index (χ2n) is 7.93. The zero-order valence-corrected chi connectivity index (χ0v) is 20.5. The van der Waals surface area contributed by atoms with Gasteiger partial charge in [0.2, 0.25) is 0 Å². The summed E-state index contributed by atoms with van der Waals surface area (Å²) in [7, 11) is 1.92. The summed E-state index contributed by atoms with van der Waals surface area (Å²) in [6, 6.07) is 11.6. The molecular weight excluding hydrogens is 515 g/mol. The minimum absolute atomic E-state index is 0.352. The van der Waals surface area contributed by atoms with Crippen LogP contribution in [0.15, 0.2) is 65.0 Å². The van der Waals surface area contributed by atoms with Gasteiger partial charge in [-0.1, -0.05) is 11.6 Å². The van der Waals surface area contributed by atoms with Gasteiger partial charge in [-0.2, -0.15) is 13.2 Å². The number of amides is 3. The first-order valence-corrected chi connectivity index (χ1v) is 12.0. The summed E-state index contributed by atoms with van der Waals surface area (Å²) in [5.74, 6) is -0.00684. The van der Waals surface area contributed by atoms with Gasteiger partial charge in [-0.25, -0.2) is 4.79 Å². The molecule has 2 aromatic carbocycles. The van der Waals surface area contributed by atoms with E-state index in [2.05, 4.69) is 20.9 Å². The summed E-state index contributed by atoms with van der Waals surface area (Å²) in [6.07, 6.45) is -4.69. The van der Waals surface area contributed by atoms with Crippen molar-refractivity contribution in [1.82, 2.24) is 10.2 Å². The lowest BCUT2D eigenvalue weighted by atomic mass is 10.1. The van der Waals surface area contributed by atoms with Crippen molar-refractivity contribution in [2.24, 2.45) is 4.99 Å². The summed E-state index contributed by atoms with van der Waals surface area (Å²) in [6.45, 7) is 1.50. The molecule has 36 heavy (non-hydrogen) atoms. The third kappa shape index (κ3) is 5.97. The Kier molecular flexibility index (Phi) is 7.51. The quantitative estimate of drug-likeness (QED) is 0.383. The second-order valence-corrected chi connectivity index (χ2v) is 9.29. The van der Waals surface area contributed by atoms with E-state index < -0.39 is 29.0 Å². The lowest BCUT2D eigenvalue weighted by Crippen LogP contribution is -2.40. The topological polar surface area (TPSA) is 85.8 Å². The van der Waals surface area contributed by atoms with Crippen LogP contribution in [0.1, 0.15) is 22.0 Å². The van der Waals surface area contributed by atoms with E-state index >= 15 is 0 Å². The molecule has 4 rings (SSSR count). The van der Waals surface area contributed by atoms with Gasteiger partial charge < -0.3 is 20.9 Å². The summed E-state index contributed by atoms with van der Waals surface area (Å²) in [5.41, 5.74) is 1.21. The monoisotopic (exact) mass is 535 g/mol. The molecule has 1 aliphatic rings. The fourth-order valence-electron chi connectivity index (χ4n) is 3.65. The molecule has 0 fully saturated rings. The largest absolute Gasteiger partial charge is 0.425 e. The van der Waals surface area contributed by atoms with Crippen LogP contribution in [0, 0.1) is 0 Å². The van der Waals surface area contributed by atoms with Crippen LogP contribution in [-0.2, 0) is 11.0 Å². The van der Waals surface area contributed by atoms with Crippen LogP contribution in [0.3, 0.4) is 0 Å². The van der Waals surface area contributed by atoms with Crippen LogP contribution >= 0.6 is 22.9 Å². The van der Waals surface area contributed by atoms with Crippen LogP contribution in [0.2, 0.25) is 5.02 Å². The first-order valence-electron chi connectivity index (χ1n) is 10.8. The molecule has 1 aromatic heterocycles. The molecule has 3 aromatic rings. The number of carbonyl (C=O) groups excluding carboxylic acids is 2. The molecule has 2 heterocycles. The lowest BCUT2D eigenvalue weighted by Gasteiger charge is -2.21. The number of urea groups is 1. The van der Waals surface area contributed by atoms with E-state index in [4.69, 9.17) is 11.6 Å². The molecule has 12 heteroatoms. The Hall–Kier alpha value is -3.57. The zero-order chi connectivity index (χ0) is 25.9. The molecule has 0 radical (unpaired) electrons. The maximum absolute atomic E-state index is 13.6. The number of alkyl halides is 3. The average Bonchev–Trinajstić information content (AvgIpc) is 3.49. The Balaban J connectivity index is 1.55. The van der Waals surface area contributed by atoms with Crippen LogP contribution in [0.5, 0.6) is 0 Å². The number of carbonyl (C=O) groups is 2. The van der Waals surface area contributed by atoms with E-state index in [9.17, 15) is 22.8 Å². The number of anilines is 2. The highest BCUT2D eigenvalue weighted by atomic mass is 35.5. The smallest absolute Gasteiger partial charge is 0.358 e. The lowest BCUT2D eigenvalue weighted by molar-refractivity contribution is -0.135. The molecule has 3 N–H and O–H groups in total. The van der Waals surface area contributed by atoms with Crippen molar-refractivity contribution in [3.8, 4) is 0 Å². The number of likely N-dealkylation sites (N-methyl/N-ethyl adjacent to an activating group) is 1. The Bertz CT molecular complexity index is 1280. The first-order chi connectivity index (χ1) is 17.1. The molecule has 0 saturated carbocycles. The second kappa shape index (κ2) is 10.6. The normalized spacial score (nSPS) is 14.2. The summed E-state index contributed by atoms with van der Waals surface area (Å²) >= 11 is 6.29. The number of aliphatic imine (C=N–C) groups is 1. The van der Waals surface area contributed by atoms with Crippen molar-refractivity contribution in [1.29, 1.82) is 0 Å². The fraction of sp³-hybridized carbons (Fsp3) is 0.208. The van der Waals surface area contributed by atoms with Gasteiger partial charge in [-0.3, -0.25) is 9.79 Å². The Morgan fingerprint density at radius 1 is 1.03 bits per heavy atom. The van der Waals surface area contributed by atoms with Crippen molar-refractivity contribution in [2.75, 3.05) is 30.8 Å². The molecule has 188 valence electrons. The molecule has 3 amide bonds. The summed E-state index contributed by atoms with van der Waals surface area (Å²) in [5, 5.41) is 9.13. The standard InChI is InChI=1S/C24H21ClF3N5O2S/c1-33-12-11-29-21(33)14-2-6-16(7-3-14)30-22(34)19(18-10-13-36-20(18)24(26,27)28)32-23(35)31-17-8-4-15(25)5-9-17/h2-10,13,19H,11-12H2,1H3,(H,30,34)(H2,31,32,35). The van der Waals surface area contributed by atoms with Crippen molar-refractivity contribution in [3.05, 3.63) is 81.0 Å². The van der Waals surface area contributed by atoms with E-state index in [0.29, 0.717) is 34.3 Å². The molecule has 0 saturated heterocycles. The number of hydrogen-bond acceptors (Lipinski definition) is 5. The zero-order valence-electron chi connectivity index (χ0n) is 18.9. The van der Waals surface area contributed by atoms with Gasteiger partial charge in [0.25, 0.3) is 5.91 Å². The minimum atomic E-state index is -4.69. The van der Waals surface area contributed by atoms with Gasteiger partial charge in [0.05, 0.1) is 6.54 Å². The van der Waals surface area contributed by atoms with E-state index in [-0.39, 0.29) is 5.56 Å². The van der Waals surface area contributed by atoms with Gasteiger partial charge in [0.1, 0.15) is 16.8 Å². The average molecular weight is 536 g/mol. The molecule has 1 unspecified atom stereocenters. The third-order valence-corrected chi connectivity index (χ3v) is 6.60. The SMILES string of the molecule is CN1CCN=C1c1ccc(NC(=O)C(NC(=O)Nc2ccc(Cl)cc2)c2ccsc2C(F)(F)F)cc1. The number of nitrogens with zero attached hydrogens (tertiary/aromatic N) is 2. The number of benzene rings is 2. The number of amidine groups is 1. The molecule has 0 bridgehead atoms. The summed E-state index contributed by atoms with van der Waals surface area (Å²) < 4.78 is 40.8. The number of thiophene rings is 1. The maximum Gasteiger partial charge on any atom is 0.425 e. The highest BCUT2D eigenvalue weighted by Crippen LogP contribution is 2.39. The fourth-order valence-corrected chi connectivity index (χ4v) is 4.59. The van der Waals surface area contributed by atoms with Gasteiger partial charge in [-0.15, -0.1) is 11.3 Å². The van der Waals surface area contributed by atoms with E-state index in [1.165, 1.54) is 23.6 Å². The highest BCUT2D eigenvalue weighted by Gasteiger charge is 2.39. The highest BCUT2D eigenvalue weighted by molar-refractivity contribution is 7.10. The number of hydrogen-bond donors (Lipinski definition) is 3. The van der Waals surface area contributed by atoms with Crippen molar-refractivity contribution in [2.45, 2.75) is 12.2 Å². The van der Waals surface area contributed by atoms with E-state index in [0.717, 1.165) is 17.9 Å². The Labute approximate surface area is 214 Å². The van der Waals surface area contributed by atoms with Gasteiger partial charge in [-0.05, 0) is 60.0 Å². The van der Waals surface area contributed by atoms with Crippen molar-refractivity contribution in [3.63, 3.8) is 0 Å². The maximum atomic E-state index is 13.6. The number of nitrogens with one attached hydrogen (secondary N) is 3. The van der Waals surface area contributed by atoms with Crippen LogP contribution in [0.25, 0.3) is 0 Å². The van der Waals surface area contributed by atoms with E-state index in [1.807, 2.05) is 11.9 Å². The van der Waals surface area contributed by atoms with Crippen molar-refractivity contribution < 1.29 is 22.8 Å². The Morgan fingerprint density at radius 3 is 2.28 bits per heavy atom. The van der Waals surface area contributed by atoms with Crippen LogP contribution < -0.4 is 16.0 Å². The molecule has 0 aliphatic carbocycles. The van der Waals surface area contributed by atoms with Crippen LogP contribution in [-0.4, -0.2) is 42.8 Å². The Morgan fingerprint density at radius 2 is 1.67 bits per heavy atom. The number of rotatable bonds is 6. The predicted octanol–water partition coefficient (Wildman–Crippen LogP) is 5.61. The summed E-state index contributed by atoms with van der Waals surface area (Å²) in [4.78, 5) is 31.2. The molecule has 1 atom stereocenters. The molecule has 1 aliphatic heterocycles. The van der Waals surface area contributed by atoms with Crippen LogP contribution in [0.4, 0.5) is 29.3 Å². The third-order valence-electron chi connectivity index (χ3n) is 5.37. The van der Waals surface area contributed by atoms with Gasteiger partial charge in [0, 0.05) is 41.1 Å².